The number of methoxy groups -OCH3 is 1. The molecule has 0 saturated heterocycles. The molecule has 0 bridgehead atoms. The predicted octanol–water partition coefficient (Wildman–Crippen LogP) is 2.86. The first-order chi connectivity index (χ1) is 9.67. The molecule has 4 heteroatoms. The molecule has 0 spiro atoms. The number of carbonyl (C=O) groups is 1. The van der Waals surface area contributed by atoms with Gasteiger partial charge in [-0.2, -0.15) is 0 Å². The van der Waals surface area contributed by atoms with Crippen LogP contribution in [0.25, 0.3) is 0 Å². The molecule has 0 aliphatic carbocycles. The molecule has 1 aliphatic heterocycles. The molecule has 1 atom stereocenters. The lowest BCUT2D eigenvalue weighted by atomic mass is 9.61. The molecule has 0 aromatic heterocycles. The van der Waals surface area contributed by atoms with E-state index in [1.54, 1.807) is 0 Å². The van der Waals surface area contributed by atoms with E-state index < -0.39 is 0 Å². The maximum absolute atomic E-state index is 11.6. The molecule has 0 amide bonds. The maximum atomic E-state index is 11.6. The summed E-state index contributed by atoms with van der Waals surface area (Å²) in [5.74, 6) is 0.0918. The van der Waals surface area contributed by atoms with E-state index in [2.05, 4.69) is 41.4 Å². The van der Waals surface area contributed by atoms with Gasteiger partial charge in [-0.15, -0.1) is 0 Å². The highest BCUT2D eigenvalue weighted by Crippen LogP contribution is 2.27. The summed E-state index contributed by atoms with van der Waals surface area (Å²) in [6, 6.07) is 14.1. The van der Waals surface area contributed by atoms with Gasteiger partial charge in [0.1, 0.15) is 0 Å². The predicted molar refractivity (Wildman–Crippen MR) is 83.8 cm³/mol. The largest absolute Gasteiger partial charge is 0.465 e. The van der Waals surface area contributed by atoms with E-state index >= 15 is 0 Å². The standard InChI is InChI=1S/C16H13BBrO2/c1-20-16(19)11-5-6-14-12(7-11)9-15(17-14)10-3-2-4-13(18)8-10/h2-8,15H,9H2,1H3. The molecular formula is C16H13BBrO2. The molecule has 20 heavy (non-hydrogen) atoms. The van der Waals surface area contributed by atoms with Crippen LogP contribution in [0.3, 0.4) is 0 Å². The number of rotatable bonds is 2. The van der Waals surface area contributed by atoms with Crippen LogP contribution in [0.1, 0.15) is 27.3 Å². The number of ether oxygens (including phenoxy) is 1. The van der Waals surface area contributed by atoms with Gasteiger partial charge in [-0.05, 0) is 36.5 Å². The Balaban J connectivity index is 1.87. The highest BCUT2D eigenvalue weighted by molar-refractivity contribution is 9.10. The molecule has 2 aromatic rings. The highest BCUT2D eigenvalue weighted by atomic mass is 79.9. The van der Waals surface area contributed by atoms with Gasteiger partial charge in [0.15, 0.2) is 7.28 Å². The minimum absolute atomic E-state index is 0.279. The van der Waals surface area contributed by atoms with Crippen LogP contribution in [0.2, 0.25) is 0 Å². The number of carbonyl (C=O) groups excluding carboxylic acids is 1. The fraction of sp³-hybridized carbons (Fsp3) is 0.188. The summed E-state index contributed by atoms with van der Waals surface area (Å²) < 4.78 is 5.86. The molecule has 1 aliphatic rings. The summed E-state index contributed by atoms with van der Waals surface area (Å²) in [4.78, 5) is 11.6. The molecule has 3 rings (SSSR count). The van der Waals surface area contributed by atoms with Gasteiger partial charge in [0.2, 0.25) is 0 Å². The van der Waals surface area contributed by atoms with Crippen molar-refractivity contribution in [1.29, 1.82) is 0 Å². The maximum Gasteiger partial charge on any atom is 0.337 e. The molecule has 0 fully saturated rings. The zero-order chi connectivity index (χ0) is 14.1. The van der Waals surface area contributed by atoms with Crippen LogP contribution in [-0.2, 0) is 11.2 Å². The molecular weight excluding hydrogens is 315 g/mol. The van der Waals surface area contributed by atoms with Gasteiger partial charge >= 0.3 is 5.97 Å². The molecule has 99 valence electrons. The van der Waals surface area contributed by atoms with E-state index in [9.17, 15) is 4.79 Å². The second-order valence-corrected chi connectivity index (χ2v) is 5.85. The number of halogens is 1. The van der Waals surface area contributed by atoms with Gasteiger partial charge in [-0.25, -0.2) is 4.79 Å². The molecule has 1 radical (unpaired) electrons. The summed E-state index contributed by atoms with van der Waals surface area (Å²) in [5.41, 5.74) is 4.32. The van der Waals surface area contributed by atoms with Gasteiger partial charge in [0.25, 0.3) is 0 Å². The van der Waals surface area contributed by atoms with Crippen LogP contribution < -0.4 is 5.46 Å². The van der Waals surface area contributed by atoms with Crippen molar-refractivity contribution in [2.45, 2.75) is 12.2 Å². The van der Waals surface area contributed by atoms with E-state index in [0.29, 0.717) is 11.4 Å². The third-order valence-corrected chi connectivity index (χ3v) is 4.15. The van der Waals surface area contributed by atoms with Crippen molar-refractivity contribution in [3.63, 3.8) is 0 Å². The number of hydrogen-bond donors (Lipinski definition) is 0. The third-order valence-electron chi connectivity index (χ3n) is 3.66. The van der Waals surface area contributed by atoms with Crippen molar-refractivity contribution in [1.82, 2.24) is 0 Å². The van der Waals surface area contributed by atoms with Crippen LogP contribution in [-0.4, -0.2) is 20.4 Å². The second kappa shape index (κ2) is 5.45. The molecule has 2 nitrogen and oxygen atoms in total. The minimum atomic E-state index is -0.279. The van der Waals surface area contributed by atoms with Crippen molar-refractivity contribution >= 4 is 34.6 Å². The van der Waals surface area contributed by atoms with Crippen LogP contribution >= 0.6 is 15.9 Å². The highest BCUT2D eigenvalue weighted by Gasteiger charge is 2.25. The molecule has 1 heterocycles. The smallest absolute Gasteiger partial charge is 0.337 e. The Morgan fingerprint density at radius 1 is 1.30 bits per heavy atom. The summed E-state index contributed by atoms with van der Waals surface area (Å²) >= 11 is 3.51. The normalized spacial score (nSPS) is 16.4. The van der Waals surface area contributed by atoms with Crippen LogP contribution in [0.5, 0.6) is 0 Å². The van der Waals surface area contributed by atoms with Gasteiger partial charge in [-0.3, -0.25) is 0 Å². The average Bonchev–Trinajstić information content (AvgIpc) is 2.89. The quantitative estimate of drug-likeness (QED) is 0.626. The Hall–Kier alpha value is -1.55. The number of fused-ring (bicyclic) bond motifs is 1. The van der Waals surface area contributed by atoms with Gasteiger partial charge < -0.3 is 4.74 Å². The van der Waals surface area contributed by atoms with E-state index in [0.717, 1.165) is 10.9 Å². The Kier molecular flexibility index (Phi) is 3.66. The first-order valence-electron chi connectivity index (χ1n) is 6.49. The van der Waals surface area contributed by atoms with Crippen molar-refractivity contribution < 1.29 is 9.53 Å². The summed E-state index contributed by atoms with van der Waals surface area (Å²) in [6.45, 7) is 0. The van der Waals surface area contributed by atoms with E-state index in [4.69, 9.17) is 4.74 Å². The lowest BCUT2D eigenvalue weighted by Crippen LogP contribution is -2.15. The number of benzene rings is 2. The minimum Gasteiger partial charge on any atom is -0.465 e. The lowest BCUT2D eigenvalue weighted by Gasteiger charge is -2.09. The molecule has 0 N–H and O–H groups in total. The van der Waals surface area contributed by atoms with Crippen molar-refractivity contribution in [2.24, 2.45) is 0 Å². The van der Waals surface area contributed by atoms with E-state index in [1.165, 1.54) is 23.7 Å². The van der Waals surface area contributed by atoms with Crippen LogP contribution in [0.15, 0.2) is 46.9 Å². The first-order valence-corrected chi connectivity index (χ1v) is 7.28. The zero-order valence-electron chi connectivity index (χ0n) is 11.1. The summed E-state index contributed by atoms with van der Waals surface area (Å²) in [5, 5.41) is 0. The number of esters is 1. The zero-order valence-corrected chi connectivity index (χ0v) is 12.7. The van der Waals surface area contributed by atoms with Crippen LogP contribution in [0.4, 0.5) is 0 Å². The Bertz CT molecular complexity index is 669. The monoisotopic (exact) mass is 327 g/mol. The fourth-order valence-electron chi connectivity index (χ4n) is 2.65. The summed E-state index contributed by atoms with van der Waals surface area (Å²) in [7, 11) is 3.67. The van der Waals surface area contributed by atoms with Crippen molar-refractivity contribution in [3.8, 4) is 0 Å². The lowest BCUT2D eigenvalue weighted by molar-refractivity contribution is 0.0600. The molecule has 1 unspecified atom stereocenters. The molecule has 2 aromatic carbocycles. The van der Waals surface area contributed by atoms with E-state index in [1.807, 2.05) is 24.3 Å². The fourth-order valence-corrected chi connectivity index (χ4v) is 3.07. The topological polar surface area (TPSA) is 26.3 Å². The summed E-state index contributed by atoms with van der Waals surface area (Å²) in [6.07, 6.45) is 0.927. The first kappa shape index (κ1) is 13.4. The SMILES string of the molecule is COC(=O)c1ccc2c(c1)CC(c1cccc(Br)c1)[B]2. The van der Waals surface area contributed by atoms with E-state index in [-0.39, 0.29) is 5.97 Å². The van der Waals surface area contributed by atoms with Crippen molar-refractivity contribution in [3.05, 3.63) is 63.6 Å². The number of hydrogen-bond acceptors (Lipinski definition) is 2. The van der Waals surface area contributed by atoms with Crippen LogP contribution in [0, 0.1) is 0 Å². The van der Waals surface area contributed by atoms with Crippen molar-refractivity contribution in [2.75, 3.05) is 7.11 Å². The van der Waals surface area contributed by atoms with Gasteiger partial charge in [-0.1, -0.05) is 50.7 Å². The Morgan fingerprint density at radius 3 is 2.90 bits per heavy atom. The van der Waals surface area contributed by atoms with Gasteiger partial charge in [0.05, 0.1) is 12.7 Å². The third kappa shape index (κ3) is 2.52. The molecule has 0 saturated carbocycles. The second-order valence-electron chi connectivity index (χ2n) is 4.94. The Labute approximate surface area is 127 Å². The Morgan fingerprint density at radius 2 is 2.15 bits per heavy atom. The van der Waals surface area contributed by atoms with Gasteiger partial charge in [0, 0.05) is 4.47 Å². The average molecular weight is 328 g/mol.